The fourth-order valence-electron chi connectivity index (χ4n) is 2.66. The molecule has 0 spiro atoms. The number of unbranched alkanes of at least 4 members (excludes halogenated alkanes) is 1. The molecular weight excluding hydrogens is 238 g/mol. The molecule has 0 aliphatic heterocycles. The van der Waals surface area contributed by atoms with Crippen molar-refractivity contribution in [3.8, 4) is 0 Å². The molecule has 0 bridgehead atoms. The van der Waals surface area contributed by atoms with Gasteiger partial charge in [0, 0.05) is 5.57 Å². The maximum absolute atomic E-state index is 9.24. The van der Waals surface area contributed by atoms with Crippen molar-refractivity contribution in [3.05, 3.63) is 41.0 Å². The second-order valence-electron chi connectivity index (χ2n) is 4.99. The van der Waals surface area contributed by atoms with E-state index in [1.54, 1.807) is 0 Å². The highest BCUT2D eigenvalue weighted by atomic mass is 16.4. The first-order chi connectivity index (χ1) is 9.30. The molecule has 0 amide bonds. The lowest BCUT2D eigenvalue weighted by molar-refractivity contribution is 0.282. The molecule has 0 unspecified atom stereocenters. The first-order valence-electron chi connectivity index (χ1n) is 6.93. The molecule has 0 aromatic heterocycles. The van der Waals surface area contributed by atoms with Crippen LogP contribution < -0.4 is 0 Å². The number of allylic oxidation sites excluding steroid dienone is 2. The third-order valence-electron chi connectivity index (χ3n) is 3.66. The second kappa shape index (κ2) is 6.53. The number of rotatable bonds is 5. The average Bonchev–Trinajstić information content (AvgIpc) is 2.88. The zero-order valence-corrected chi connectivity index (χ0v) is 11.4. The van der Waals surface area contributed by atoms with Crippen molar-refractivity contribution in [2.24, 2.45) is 5.16 Å². The van der Waals surface area contributed by atoms with Crippen LogP contribution in [0.3, 0.4) is 0 Å². The lowest BCUT2D eigenvalue weighted by Crippen LogP contribution is -1.98. The Morgan fingerprint density at radius 3 is 2.79 bits per heavy atom. The van der Waals surface area contributed by atoms with E-state index in [0.717, 1.165) is 48.1 Å². The predicted octanol–water partition coefficient (Wildman–Crippen LogP) is 3.75. The molecule has 0 saturated heterocycles. The van der Waals surface area contributed by atoms with Gasteiger partial charge in [-0.2, -0.15) is 0 Å². The van der Waals surface area contributed by atoms with Crippen molar-refractivity contribution in [1.82, 2.24) is 0 Å². The van der Waals surface area contributed by atoms with Gasteiger partial charge >= 0.3 is 0 Å². The Kier molecular flexibility index (Phi) is 4.74. The number of aliphatic hydroxyl groups excluding tert-OH is 1. The molecule has 2 rings (SSSR count). The molecule has 102 valence electrons. The molecule has 0 fully saturated rings. The summed E-state index contributed by atoms with van der Waals surface area (Å²) in [5.41, 5.74) is 5.20. The Balaban J connectivity index is 2.39. The number of aliphatic hydroxyl groups is 1. The normalized spacial score (nSPS) is 17.5. The van der Waals surface area contributed by atoms with Gasteiger partial charge in [0.05, 0.1) is 12.3 Å². The van der Waals surface area contributed by atoms with Gasteiger partial charge in [0.15, 0.2) is 0 Å². The fourth-order valence-corrected chi connectivity index (χ4v) is 2.66. The predicted molar refractivity (Wildman–Crippen MR) is 77.3 cm³/mol. The summed E-state index contributed by atoms with van der Waals surface area (Å²) in [6, 6.07) is 7.86. The van der Waals surface area contributed by atoms with Gasteiger partial charge < -0.3 is 10.3 Å². The fraction of sp³-hybridized carbons (Fsp3) is 0.438. The van der Waals surface area contributed by atoms with E-state index in [4.69, 9.17) is 0 Å². The van der Waals surface area contributed by atoms with Crippen molar-refractivity contribution < 1.29 is 10.3 Å². The van der Waals surface area contributed by atoms with Gasteiger partial charge in [-0.1, -0.05) is 42.3 Å². The summed E-state index contributed by atoms with van der Waals surface area (Å²) in [5.74, 6) is 0. The van der Waals surface area contributed by atoms with Crippen LogP contribution in [0.1, 0.15) is 50.2 Å². The van der Waals surface area contributed by atoms with E-state index in [0.29, 0.717) is 0 Å². The van der Waals surface area contributed by atoms with E-state index in [1.165, 1.54) is 12.0 Å². The maximum atomic E-state index is 9.24. The maximum Gasteiger partial charge on any atom is 0.0876 e. The SMILES string of the molecule is CCCCC1=C(c2cccc(CO)c2)/C(=N/O)CC1. The van der Waals surface area contributed by atoms with Gasteiger partial charge in [-0.05, 0) is 42.9 Å². The molecule has 0 heterocycles. The van der Waals surface area contributed by atoms with Crippen LogP contribution in [0, 0.1) is 0 Å². The zero-order chi connectivity index (χ0) is 13.7. The molecule has 1 aromatic carbocycles. The first-order valence-corrected chi connectivity index (χ1v) is 6.93. The smallest absolute Gasteiger partial charge is 0.0876 e. The molecule has 0 saturated carbocycles. The molecule has 0 atom stereocenters. The molecule has 0 radical (unpaired) electrons. The second-order valence-corrected chi connectivity index (χ2v) is 4.99. The minimum Gasteiger partial charge on any atom is -0.411 e. The van der Waals surface area contributed by atoms with Gasteiger partial charge in [-0.3, -0.25) is 0 Å². The third kappa shape index (κ3) is 3.04. The number of nitrogens with zero attached hydrogens (tertiary/aromatic N) is 1. The van der Waals surface area contributed by atoms with Crippen LogP contribution >= 0.6 is 0 Å². The standard InChI is InChI=1S/C16H21NO2/c1-2-3-6-13-8-9-15(17-19)16(13)14-7-4-5-12(10-14)11-18/h4-5,7,10,18-19H,2-3,6,8-9,11H2,1H3/b17-15+. The topological polar surface area (TPSA) is 52.8 Å². The Labute approximate surface area is 114 Å². The van der Waals surface area contributed by atoms with Gasteiger partial charge in [0.1, 0.15) is 0 Å². The summed E-state index contributed by atoms with van der Waals surface area (Å²) in [7, 11) is 0. The zero-order valence-electron chi connectivity index (χ0n) is 11.4. The summed E-state index contributed by atoms with van der Waals surface area (Å²) in [6.45, 7) is 2.22. The molecule has 2 N–H and O–H groups in total. The van der Waals surface area contributed by atoms with Crippen LogP contribution in [0.4, 0.5) is 0 Å². The lowest BCUT2D eigenvalue weighted by Gasteiger charge is -2.09. The van der Waals surface area contributed by atoms with Crippen molar-refractivity contribution in [1.29, 1.82) is 0 Å². The van der Waals surface area contributed by atoms with Gasteiger partial charge in [-0.25, -0.2) is 0 Å². The highest BCUT2D eigenvalue weighted by molar-refractivity contribution is 6.26. The van der Waals surface area contributed by atoms with Crippen molar-refractivity contribution in [2.45, 2.75) is 45.6 Å². The largest absolute Gasteiger partial charge is 0.411 e. The van der Waals surface area contributed by atoms with Gasteiger partial charge in [0.25, 0.3) is 0 Å². The number of hydrogen-bond donors (Lipinski definition) is 2. The van der Waals surface area contributed by atoms with Crippen LogP contribution in [0.5, 0.6) is 0 Å². The van der Waals surface area contributed by atoms with E-state index in [1.807, 2.05) is 24.3 Å². The monoisotopic (exact) mass is 259 g/mol. The molecule has 3 nitrogen and oxygen atoms in total. The van der Waals surface area contributed by atoms with E-state index < -0.39 is 0 Å². The Bertz CT molecular complexity index is 503. The highest BCUT2D eigenvalue weighted by Crippen LogP contribution is 2.35. The molecule has 1 aromatic rings. The van der Waals surface area contributed by atoms with Crippen molar-refractivity contribution >= 4 is 11.3 Å². The van der Waals surface area contributed by atoms with Crippen LogP contribution in [0.15, 0.2) is 35.0 Å². The Morgan fingerprint density at radius 2 is 2.11 bits per heavy atom. The number of hydrogen-bond acceptors (Lipinski definition) is 3. The third-order valence-corrected chi connectivity index (χ3v) is 3.66. The molecule has 1 aliphatic carbocycles. The van der Waals surface area contributed by atoms with E-state index in [-0.39, 0.29) is 6.61 Å². The van der Waals surface area contributed by atoms with Crippen LogP contribution in [0.25, 0.3) is 5.57 Å². The highest BCUT2D eigenvalue weighted by Gasteiger charge is 2.22. The van der Waals surface area contributed by atoms with E-state index >= 15 is 0 Å². The minimum absolute atomic E-state index is 0.0387. The van der Waals surface area contributed by atoms with Crippen molar-refractivity contribution in [2.75, 3.05) is 0 Å². The van der Waals surface area contributed by atoms with E-state index in [2.05, 4.69) is 12.1 Å². The lowest BCUT2D eigenvalue weighted by atomic mass is 9.97. The van der Waals surface area contributed by atoms with Crippen LogP contribution in [-0.4, -0.2) is 16.0 Å². The number of oxime groups is 1. The quantitative estimate of drug-likeness (QED) is 0.625. The number of benzene rings is 1. The van der Waals surface area contributed by atoms with Gasteiger partial charge in [-0.15, -0.1) is 0 Å². The summed E-state index contributed by atoms with van der Waals surface area (Å²) >= 11 is 0. The first kappa shape index (κ1) is 13.8. The molecule has 1 aliphatic rings. The Hall–Kier alpha value is -1.61. The van der Waals surface area contributed by atoms with Crippen molar-refractivity contribution in [3.63, 3.8) is 0 Å². The Morgan fingerprint density at radius 1 is 1.26 bits per heavy atom. The van der Waals surface area contributed by atoms with Crippen LogP contribution in [-0.2, 0) is 6.61 Å². The average molecular weight is 259 g/mol. The minimum atomic E-state index is 0.0387. The molecule has 3 heteroatoms. The van der Waals surface area contributed by atoms with E-state index in [9.17, 15) is 10.3 Å². The summed E-state index contributed by atoms with van der Waals surface area (Å²) in [6.07, 6.45) is 5.19. The summed E-state index contributed by atoms with van der Waals surface area (Å²) < 4.78 is 0. The summed E-state index contributed by atoms with van der Waals surface area (Å²) in [5, 5.41) is 21.9. The molecule has 19 heavy (non-hydrogen) atoms. The van der Waals surface area contributed by atoms with Crippen LogP contribution in [0.2, 0.25) is 0 Å². The van der Waals surface area contributed by atoms with Gasteiger partial charge in [0.2, 0.25) is 0 Å². The molecular formula is C16H21NO2. The summed E-state index contributed by atoms with van der Waals surface area (Å²) in [4.78, 5) is 0.